The first kappa shape index (κ1) is 14.6. The Balaban J connectivity index is 2.36. The summed E-state index contributed by atoms with van der Waals surface area (Å²) < 4.78 is 0. The van der Waals surface area contributed by atoms with Crippen LogP contribution < -0.4 is 10.2 Å². The Morgan fingerprint density at radius 1 is 1.30 bits per heavy atom. The third-order valence-corrected chi connectivity index (χ3v) is 2.87. The molecule has 2 heterocycles. The Bertz CT molecular complexity index is 569. The van der Waals surface area contributed by atoms with E-state index in [9.17, 15) is 0 Å². The van der Waals surface area contributed by atoms with E-state index in [-0.39, 0.29) is 5.41 Å². The zero-order chi connectivity index (χ0) is 14.8. The lowest BCUT2D eigenvalue weighted by Gasteiger charge is -2.27. The molecule has 0 saturated carbocycles. The summed E-state index contributed by atoms with van der Waals surface area (Å²) in [5, 5.41) is 3.23. The average molecular weight is 276 g/mol. The van der Waals surface area contributed by atoms with E-state index in [1.807, 2.05) is 0 Å². The highest BCUT2D eigenvalue weighted by atomic mass is 15.2. The van der Waals surface area contributed by atoms with Crippen LogP contribution in [0, 0.1) is 5.41 Å². The highest BCUT2D eigenvalue weighted by Gasteiger charge is 2.18. The van der Waals surface area contributed by atoms with Crippen LogP contribution in [0.4, 0.5) is 11.8 Å². The molecule has 2 aromatic rings. The van der Waals surface area contributed by atoms with E-state index in [4.69, 9.17) is 0 Å². The summed E-state index contributed by atoms with van der Waals surface area (Å²) in [6.07, 6.45) is 2.70. The molecule has 0 atom stereocenters. The van der Waals surface area contributed by atoms with Gasteiger partial charge in [0.1, 0.15) is 5.52 Å². The maximum atomic E-state index is 4.63. The van der Waals surface area contributed by atoms with E-state index in [1.165, 1.54) is 0 Å². The first-order chi connectivity index (χ1) is 9.40. The highest BCUT2D eigenvalue weighted by Crippen LogP contribution is 2.25. The van der Waals surface area contributed by atoms with Crippen LogP contribution in [0.3, 0.4) is 0 Å². The number of hydrogen-bond acceptors (Lipinski definition) is 5. The number of nitrogens with zero attached hydrogens (tertiary/aromatic N) is 4. The van der Waals surface area contributed by atoms with Gasteiger partial charge in [-0.15, -0.1) is 0 Å². The number of H-pyrrole nitrogens is 1. The number of anilines is 2. The van der Waals surface area contributed by atoms with E-state index in [0.29, 0.717) is 11.6 Å². The van der Waals surface area contributed by atoms with Crippen LogP contribution in [-0.4, -0.2) is 40.1 Å². The van der Waals surface area contributed by atoms with Crippen molar-refractivity contribution in [2.75, 3.05) is 30.4 Å². The Morgan fingerprint density at radius 3 is 2.70 bits per heavy atom. The lowest BCUT2D eigenvalue weighted by molar-refractivity contribution is 0.418. The van der Waals surface area contributed by atoms with Crippen LogP contribution in [0.5, 0.6) is 0 Å². The van der Waals surface area contributed by atoms with Crippen molar-refractivity contribution in [3.63, 3.8) is 0 Å². The Hall–Kier alpha value is -1.85. The van der Waals surface area contributed by atoms with Gasteiger partial charge in [-0.2, -0.15) is 9.97 Å². The molecule has 110 valence electrons. The Morgan fingerprint density at radius 2 is 2.05 bits per heavy atom. The van der Waals surface area contributed by atoms with Gasteiger partial charge < -0.3 is 15.2 Å². The van der Waals surface area contributed by atoms with E-state index >= 15 is 0 Å². The number of aromatic amines is 1. The molecule has 0 aliphatic carbocycles. The van der Waals surface area contributed by atoms with Crippen LogP contribution in [0.1, 0.15) is 34.1 Å². The smallest absolute Gasteiger partial charge is 0.226 e. The zero-order valence-electron chi connectivity index (χ0n) is 13.0. The third-order valence-electron chi connectivity index (χ3n) is 2.87. The molecule has 0 fully saturated rings. The van der Waals surface area contributed by atoms with Crippen LogP contribution in [0.2, 0.25) is 0 Å². The summed E-state index contributed by atoms with van der Waals surface area (Å²) in [6, 6.07) is 0. The fourth-order valence-electron chi connectivity index (χ4n) is 2.20. The van der Waals surface area contributed by atoms with Crippen molar-refractivity contribution in [2.45, 2.75) is 34.1 Å². The van der Waals surface area contributed by atoms with Gasteiger partial charge in [0.2, 0.25) is 5.95 Å². The minimum atomic E-state index is 0.197. The van der Waals surface area contributed by atoms with Crippen LogP contribution in [0.25, 0.3) is 11.2 Å². The second kappa shape index (κ2) is 5.64. The summed E-state index contributed by atoms with van der Waals surface area (Å²) in [4.78, 5) is 18.6. The molecule has 0 aromatic carbocycles. The minimum Gasteiger partial charge on any atom is -0.357 e. The first-order valence-corrected chi connectivity index (χ1v) is 7.07. The monoisotopic (exact) mass is 276 g/mol. The van der Waals surface area contributed by atoms with Gasteiger partial charge in [0.05, 0.1) is 6.33 Å². The number of imidazole rings is 1. The normalized spacial score (nSPS) is 11.8. The summed E-state index contributed by atoms with van der Waals surface area (Å²) in [7, 11) is 2.05. The van der Waals surface area contributed by atoms with Crippen LogP contribution >= 0.6 is 0 Å². The molecule has 6 heteroatoms. The summed E-state index contributed by atoms with van der Waals surface area (Å²) >= 11 is 0. The van der Waals surface area contributed by atoms with Gasteiger partial charge in [-0.3, -0.25) is 0 Å². The zero-order valence-corrected chi connectivity index (χ0v) is 13.0. The van der Waals surface area contributed by atoms with E-state index in [0.717, 1.165) is 30.8 Å². The predicted octanol–water partition coefficient (Wildman–Crippen LogP) is 2.66. The summed E-state index contributed by atoms with van der Waals surface area (Å²) in [6.45, 7) is 10.5. The van der Waals surface area contributed by atoms with E-state index in [2.05, 4.69) is 64.9 Å². The molecular formula is C14H24N6. The number of fused-ring (bicyclic) bond motifs is 1. The summed E-state index contributed by atoms with van der Waals surface area (Å²) in [5.74, 6) is 1.53. The van der Waals surface area contributed by atoms with Gasteiger partial charge >= 0.3 is 0 Å². The van der Waals surface area contributed by atoms with Gasteiger partial charge in [-0.25, -0.2) is 4.98 Å². The van der Waals surface area contributed by atoms with Gasteiger partial charge in [0.25, 0.3) is 0 Å². The van der Waals surface area contributed by atoms with Crippen molar-refractivity contribution in [1.29, 1.82) is 0 Å². The molecule has 2 aromatic heterocycles. The summed E-state index contributed by atoms with van der Waals surface area (Å²) in [5.41, 5.74) is 1.79. The van der Waals surface area contributed by atoms with E-state index < -0.39 is 0 Å². The molecule has 0 unspecified atom stereocenters. The maximum absolute atomic E-state index is 4.63. The van der Waals surface area contributed by atoms with Gasteiger partial charge in [-0.1, -0.05) is 27.7 Å². The molecule has 0 saturated heterocycles. The minimum absolute atomic E-state index is 0.197. The number of nitrogens with one attached hydrogen (secondary N) is 2. The lowest BCUT2D eigenvalue weighted by atomic mass is 9.96. The molecule has 0 amide bonds. The quantitative estimate of drug-likeness (QED) is 0.878. The van der Waals surface area contributed by atoms with Crippen LogP contribution in [-0.2, 0) is 0 Å². The van der Waals surface area contributed by atoms with Gasteiger partial charge in [-0.05, 0) is 11.8 Å². The highest BCUT2D eigenvalue weighted by molar-refractivity contribution is 5.84. The predicted molar refractivity (Wildman–Crippen MR) is 83.2 cm³/mol. The molecule has 2 rings (SSSR count). The Labute approximate surface area is 120 Å². The molecule has 0 spiro atoms. The second-order valence-corrected chi connectivity index (χ2v) is 6.32. The standard InChI is InChI=1S/C14H24N6/c1-6-7-15-13-18-11-10(16-9-17-11)12(19-13)20(5)8-14(2,3)4/h9H,6-8H2,1-5H3,(H2,15,16,17,18,19). The lowest BCUT2D eigenvalue weighted by Crippen LogP contribution is -2.30. The molecule has 20 heavy (non-hydrogen) atoms. The molecule has 0 aliphatic rings. The molecule has 2 N–H and O–H groups in total. The number of hydrogen-bond donors (Lipinski definition) is 2. The fraction of sp³-hybridized carbons (Fsp3) is 0.643. The number of rotatable bonds is 5. The third kappa shape index (κ3) is 3.37. The topological polar surface area (TPSA) is 69.7 Å². The number of aromatic nitrogens is 4. The van der Waals surface area contributed by atoms with Crippen molar-refractivity contribution in [3.05, 3.63) is 6.33 Å². The molecule has 6 nitrogen and oxygen atoms in total. The molecule has 0 radical (unpaired) electrons. The van der Waals surface area contributed by atoms with Crippen molar-refractivity contribution in [1.82, 2.24) is 19.9 Å². The van der Waals surface area contributed by atoms with Crippen molar-refractivity contribution >= 4 is 22.9 Å². The maximum Gasteiger partial charge on any atom is 0.226 e. The second-order valence-electron chi connectivity index (χ2n) is 6.32. The van der Waals surface area contributed by atoms with Crippen molar-refractivity contribution in [2.24, 2.45) is 5.41 Å². The fourth-order valence-corrected chi connectivity index (χ4v) is 2.20. The van der Waals surface area contributed by atoms with Gasteiger partial charge in [0, 0.05) is 20.1 Å². The largest absolute Gasteiger partial charge is 0.357 e. The average Bonchev–Trinajstić information content (AvgIpc) is 2.81. The van der Waals surface area contributed by atoms with Crippen LogP contribution in [0.15, 0.2) is 6.33 Å². The molecule has 0 aliphatic heterocycles. The first-order valence-electron chi connectivity index (χ1n) is 7.07. The van der Waals surface area contributed by atoms with Gasteiger partial charge in [0.15, 0.2) is 11.5 Å². The molecular weight excluding hydrogens is 252 g/mol. The van der Waals surface area contributed by atoms with Crippen molar-refractivity contribution < 1.29 is 0 Å². The SMILES string of the molecule is CCCNc1nc(N(C)CC(C)(C)C)c2[nH]cnc2n1. The Kier molecular flexibility index (Phi) is 4.11. The van der Waals surface area contributed by atoms with Crippen molar-refractivity contribution in [3.8, 4) is 0 Å². The molecule has 0 bridgehead atoms. The van der Waals surface area contributed by atoms with E-state index in [1.54, 1.807) is 6.33 Å².